The fourth-order valence-corrected chi connectivity index (χ4v) is 4.77. The van der Waals surface area contributed by atoms with Crippen LogP contribution in [0, 0.1) is 18.3 Å². The van der Waals surface area contributed by atoms with Gasteiger partial charge in [0.1, 0.15) is 18.1 Å². The van der Waals surface area contributed by atoms with Gasteiger partial charge in [0.15, 0.2) is 11.8 Å². The molecule has 2 aromatic rings. The van der Waals surface area contributed by atoms with Gasteiger partial charge < -0.3 is 24.7 Å². The molecule has 2 fully saturated rings. The summed E-state index contributed by atoms with van der Waals surface area (Å²) in [5.74, 6) is 3.97. The smallest absolute Gasteiger partial charge is 0.191 e. The number of hydrogen-bond donors (Lipinski definition) is 2. The van der Waals surface area contributed by atoms with Gasteiger partial charge in [0.25, 0.3) is 0 Å². The summed E-state index contributed by atoms with van der Waals surface area (Å²) >= 11 is 0. The molecule has 0 radical (unpaired) electrons. The van der Waals surface area contributed by atoms with Crippen LogP contribution in [0.3, 0.4) is 0 Å². The first-order valence-corrected chi connectivity index (χ1v) is 11.0. The number of hydrogen-bond acceptors (Lipinski definition) is 5. The van der Waals surface area contributed by atoms with Crippen molar-refractivity contribution >= 4 is 29.9 Å². The van der Waals surface area contributed by atoms with Crippen molar-refractivity contribution in [2.75, 3.05) is 20.3 Å². The summed E-state index contributed by atoms with van der Waals surface area (Å²) in [6, 6.07) is 8.53. The van der Waals surface area contributed by atoms with Crippen molar-refractivity contribution < 1.29 is 9.47 Å². The number of methoxy groups -OCH3 is 1. The van der Waals surface area contributed by atoms with Crippen LogP contribution in [0.25, 0.3) is 0 Å². The minimum absolute atomic E-state index is 0. The lowest BCUT2D eigenvalue weighted by Crippen LogP contribution is -2.68. The number of aliphatic imine (C=N–C) groups is 1. The lowest BCUT2D eigenvalue weighted by atomic mass is 9.57. The molecule has 0 amide bonds. The molecule has 9 heteroatoms. The predicted molar refractivity (Wildman–Crippen MR) is 136 cm³/mol. The molecule has 32 heavy (non-hydrogen) atoms. The summed E-state index contributed by atoms with van der Waals surface area (Å²) < 4.78 is 13.2. The summed E-state index contributed by atoms with van der Waals surface area (Å²) in [5.41, 5.74) is 1.34. The molecule has 2 aliphatic rings. The van der Waals surface area contributed by atoms with Gasteiger partial charge in [-0.15, -0.1) is 34.2 Å². The van der Waals surface area contributed by atoms with Crippen molar-refractivity contribution in [1.29, 1.82) is 0 Å². The molecule has 2 heterocycles. The maximum atomic E-state index is 5.95. The molecule has 0 spiro atoms. The number of fused-ring (bicyclic) bond motifs is 1. The van der Waals surface area contributed by atoms with Gasteiger partial charge in [-0.25, -0.2) is 4.99 Å². The largest absolute Gasteiger partial charge is 0.497 e. The molecule has 1 aromatic heterocycles. The number of halogens is 1. The Morgan fingerprint density at radius 1 is 1.28 bits per heavy atom. The van der Waals surface area contributed by atoms with E-state index in [1.54, 1.807) is 7.11 Å². The molecule has 1 aliphatic carbocycles. The fraction of sp³-hybridized carbons (Fsp3) is 0.609. The van der Waals surface area contributed by atoms with Crippen LogP contribution in [-0.2, 0) is 24.8 Å². The Bertz CT molecular complexity index is 927. The Labute approximate surface area is 207 Å². The molecule has 1 aromatic carbocycles. The number of aromatic nitrogens is 3. The van der Waals surface area contributed by atoms with Crippen LogP contribution in [0.2, 0.25) is 0 Å². The van der Waals surface area contributed by atoms with Gasteiger partial charge in [-0.05, 0) is 37.5 Å². The average molecular weight is 554 g/mol. The van der Waals surface area contributed by atoms with Gasteiger partial charge in [0, 0.05) is 37.6 Å². The van der Waals surface area contributed by atoms with Crippen molar-refractivity contribution in [3.8, 4) is 5.75 Å². The van der Waals surface area contributed by atoms with Crippen LogP contribution >= 0.6 is 24.0 Å². The second-order valence-corrected chi connectivity index (χ2v) is 9.10. The summed E-state index contributed by atoms with van der Waals surface area (Å²) in [4.78, 5) is 4.84. The SMILES string of the molecule is COc1ccc(CCNC(=NCc2nnc(C)n2C)NC2C3CCOC3C2(C)C)cc1.I. The summed E-state index contributed by atoms with van der Waals surface area (Å²) in [6.07, 6.45) is 2.34. The number of aryl methyl sites for hydroxylation is 1. The van der Waals surface area contributed by atoms with E-state index in [9.17, 15) is 0 Å². The fourth-order valence-electron chi connectivity index (χ4n) is 4.77. The highest BCUT2D eigenvalue weighted by Crippen LogP contribution is 2.52. The van der Waals surface area contributed by atoms with Gasteiger partial charge in [-0.1, -0.05) is 26.0 Å². The van der Waals surface area contributed by atoms with E-state index in [0.29, 0.717) is 24.6 Å². The van der Waals surface area contributed by atoms with E-state index in [2.05, 4.69) is 46.8 Å². The van der Waals surface area contributed by atoms with Crippen molar-refractivity contribution in [3.63, 3.8) is 0 Å². The van der Waals surface area contributed by atoms with Gasteiger partial charge in [-0.2, -0.15) is 0 Å². The third-order valence-electron chi connectivity index (χ3n) is 6.82. The standard InChI is InChI=1S/C23H34N6O2.HI/c1-15-27-28-19(29(15)4)14-25-22(24-12-10-16-6-8-17(30-5)9-7-16)26-20-18-11-13-31-21(18)23(20,2)3;/h6-9,18,20-21H,10-14H2,1-5H3,(H2,24,25,26);1H. The zero-order valence-electron chi connectivity index (χ0n) is 19.6. The number of nitrogens with one attached hydrogen (secondary N) is 2. The molecule has 3 unspecified atom stereocenters. The number of rotatable bonds is 7. The number of nitrogens with zero attached hydrogens (tertiary/aromatic N) is 4. The first-order chi connectivity index (χ1) is 14.9. The summed E-state index contributed by atoms with van der Waals surface area (Å²) in [5, 5.41) is 15.6. The second kappa shape index (κ2) is 10.4. The van der Waals surface area contributed by atoms with E-state index in [1.807, 2.05) is 30.7 Å². The van der Waals surface area contributed by atoms with Crippen LogP contribution in [-0.4, -0.2) is 53.1 Å². The number of ether oxygens (including phenoxy) is 2. The Morgan fingerprint density at radius 3 is 2.69 bits per heavy atom. The van der Waals surface area contributed by atoms with Crippen LogP contribution in [0.15, 0.2) is 29.3 Å². The molecule has 1 saturated carbocycles. The minimum Gasteiger partial charge on any atom is -0.497 e. The van der Waals surface area contributed by atoms with E-state index in [1.165, 1.54) is 5.56 Å². The Kier molecular flexibility index (Phi) is 8.02. The number of benzene rings is 1. The predicted octanol–water partition coefficient (Wildman–Crippen LogP) is 2.84. The van der Waals surface area contributed by atoms with E-state index in [4.69, 9.17) is 14.5 Å². The minimum atomic E-state index is 0. The van der Waals surface area contributed by atoms with Crippen molar-refractivity contribution in [2.24, 2.45) is 23.4 Å². The molecular formula is C23H35IN6O2. The highest BCUT2D eigenvalue weighted by atomic mass is 127. The third-order valence-corrected chi connectivity index (χ3v) is 6.82. The quantitative estimate of drug-likeness (QED) is 0.311. The van der Waals surface area contributed by atoms with Gasteiger partial charge in [0.2, 0.25) is 0 Å². The van der Waals surface area contributed by atoms with Crippen LogP contribution in [0.5, 0.6) is 5.75 Å². The average Bonchev–Trinajstić information content (AvgIpc) is 3.36. The van der Waals surface area contributed by atoms with Crippen molar-refractivity contribution in [1.82, 2.24) is 25.4 Å². The monoisotopic (exact) mass is 554 g/mol. The van der Waals surface area contributed by atoms with E-state index >= 15 is 0 Å². The molecule has 4 rings (SSSR count). The molecule has 2 N–H and O–H groups in total. The maximum Gasteiger partial charge on any atom is 0.191 e. The molecule has 0 bridgehead atoms. The van der Waals surface area contributed by atoms with Gasteiger partial charge >= 0.3 is 0 Å². The molecule has 1 aliphatic heterocycles. The Hall–Kier alpha value is -1.88. The molecular weight excluding hydrogens is 519 g/mol. The van der Waals surface area contributed by atoms with E-state index < -0.39 is 0 Å². The zero-order valence-corrected chi connectivity index (χ0v) is 21.9. The first kappa shape index (κ1) is 24.8. The number of guanidine groups is 1. The third kappa shape index (κ3) is 5.03. The summed E-state index contributed by atoms with van der Waals surface area (Å²) in [7, 11) is 3.66. The van der Waals surface area contributed by atoms with E-state index in [-0.39, 0.29) is 29.4 Å². The molecule has 1 saturated heterocycles. The summed E-state index contributed by atoms with van der Waals surface area (Å²) in [6.45, 7) is 8.62. The van der Waals surface area contributed by atoms with Crippen molar-refractivity contribution in [2.45, 2.75) is 52.3 Å². The highest BCUT2D eigenvalue weighted by molar-refractivity contribution is 14.0. The van der Waals surface area contributed by atoms with E-state index in [0.717, 1.165) is 49.4 Å². The van der Waals surface area contributed by atoms with Gasteiger partial charge in [-0.3, -0.25) is 0 Å². The Morgan fingerprint density at radius 2 is 2.03 bits per heavy atom. The second-order valence-electron chi connectivity index (χ2n) is 9.10. The zero-order chi connectivity index (χ0) is 22.0. The Balaban J connectivity index is 0.00000289. The maximum absolute atomic E-state index is 5.95. The van der Waals surface area contributed by atoms with Crippen LogP contribution in [0.4, 0.5) is 0 Å². The molecule has 8 nitrogen and oxygen atoms in total. The van der Waals surface area contributed by atoms with Crippen molar-refractivity contribution in [3.05, 3.63) is 41.5 Å². The lowest BCUT2D eigenvalue weighted by molar-refractivity contribution is -0.106. The molecule has 176 valence electrons. The van der Waals surface area contributed by atoms with Crippen LogP contribution < -0.4 is 15.4 Å². The highest BCUT2D eigenvalue weighted by Gasteiger charge is 2.59. The molecule has 3 atom stereocenters. The van der Waals surface area contributed by atoms with Gasteiger partial charge in [0.05, 0.1) is 13.2 Å². The topological polar surface area (TPSA) is 85.6 Å². The lowest BCUT2D eigenvalue weighted by Gasteiger charge is -2.54. The van der Waals surface area contributed by atoms with Crippen LogP contribution in [0.1, 0.15) is 37.5 Å². The normalized spacial score (nSPS) is 23.7. The first-order valence-electron chi connectivity index (χ1n) is 11.0.